The fourth-order valence-corrected chi connectivity index (χ4v) is 4.19. The number of carbonyl (C=O) groups excluding carboxylic acids is 1. The molecule has 3 aromatic carbocycles. The third-order valence-electron chi connectivity index (χ3n) is 5.87. The highest BCUT2D eigenvalue weighted by molar-refractivity contribution is 6.07. The molecule has 0 radical (unpaired) electrons. The number of para-hydroxylation sites is 1. The Balaban J connectivity index is 1.53. The number of ether oxygens (including phenoxy) is 1. The van der Waals surface area contributed by atoms with Gasteiger partial charge in [-0.2, -0.15) is 0 Å². The summed E-state index contributed by atoms with van der Waals surface area (Å²) in [6, 6.07) is 22.8. The molecule has 4 heteroatoms. The monoisotopic (exact) mass is 421 g/mol. The second kappa shape index (κ2) is 8.31. The molecule has 1 aliphatic carbocycles. The van der Waals surface area contributed by atoms with Crippen molar-refractivity contribution in [2.75, 3.05) is 0 Å². The van der Waals surface area contributed by atoms with Crippen LogP contribution in [0.15, 0.2) is 72.8 Å². The van der Waals surface area contributed by atoms with Crippen molar-refractivity contribution in [3.63, 3.8) is 0 Å². The molecule has 4 nitrogen and oxygen atoms in total. The minimum atomic E-state index is -0.314. The number of hydrogen-bond donors (Lipinski definition) is 1. The standard InChI is InChI=1S/C28H23NO3/c1-18-6-8-20(9-7-18)17-32-28(31)26-23-4-2-3-5-25(23)29-27-21(12-15-24(26)27)16-19-10-13-22(30)14-11-19/h2-11,13-14,16,30H,12,15,17H2,1H3/b21-16+. The van der Waals surface area contributed by atoms with Gasteiger partial charge in [0.2, 0.25) is 0 Å². The molecule has 0 fully saturated rings. The normalized spacial score (nSPS) is 14.0. The van der Waals surface area contributed by atoms with Crippen molar-refractivity contribution < 1.29 is 14.6 Å². The number of hydrogen-bond acceptors (Lipinski definition) is 4. The smallest absolute Gasteiger partial charge is 0.339 e. The topological polar surface area (TPSA) is 59.4 Å². The Kier molecular flexibility index (Phi) is 5.20. The molecule has 1 aromatic heterocycles. The Bertz CT molecular complexity index is 1340. The first-order valence-electron chi connectivity index (χ1n) is 10.7. The number of fused-ring (bicyclic) bond motifs is 2. The lowest BCUT2D eigenvalue weighted by Gasteiger charge is -2.12. The maximum atomic E-state index is 13.3. The van der Waals surface area contributed by atoms with Crippen molar-refractivity contribution in [1.29, 1.82) is 0 Å². The van der Waals surface area contributed by atoms with Gasteiger partial charge in [0.1, 0.15) is 12.4 Å². The molecular formula is C28H23NO3. The number of phenols is 1. The molecule has 0 atom stereocenters. The molecule has 0 bridgehead atoms. The van der Waals surface area contributed by atoms with E-state index in [0.29, 0.717) is 5.56 Å². The van der Waals surface area contributed by atoms with Crippen molar-refractivity contribution in [2.24, 2.45) is 0 Å². The van der Waals surface area contributed by atoms with E-state index in [4.69, 9.17) is 9.72 Å². The quantitative estimate of drug-likeness (QED) is 0.405. The van der Waals surface area contributed by atoms with Gasteiger partial charge in [0, 0.05) is 5.39 Å². The van der Waals surface area contributed by atoms with Gasteiger partial charge in [-0.25, -0.2) is 9.78 Å². The van der Waals surface area contributed by atoms with Gasteiger partial charge in [-0.3, -0.25) is 0 Å². The van der Waals surface area contributed by atoms with Crippen molar-refractivity contribution in [1.82, 2.24) is 4.98 Å². The van der Waals surface area contributed by atoms with Crippen LogP contribution in [0, 0.1) is 6.92 Å². The third-order valence-corrected chi connectivity index (χ3v) is 5.87. The minimum Gasteiger partial charge on any atom is -0.508 e. The molecule has 0 saturated heterocycles. The van der Waals surface area contributed by atoms with E-state index in [2.05, 4.69) is 6.08 Å². The summed E-state index contributed by atoms with van der Waals surface area (Å²) in [7, 11) is 0. The Morgan fingerprint density at radius 1 is 1.00 bits per heavy atom. The molecular weight excluding hydrogens is 398 g/mol. The third kappa shape index (κ3) is 3.87. The summed E-state index contributed by atoms with van der Waals surface area (Å²) in [4.78, 5) is 18.2. The van der Waals surface area contributed by atoms with Gasteiger partial charge < -0.3 is 9.84 Å². The van der Waals surface area contributed by atoms with E-state index in [1.54, 1.807) is 12.1 Å². The fraction of sp³-hybridized carbons (Fsp3) is 0.143. The zero-order chi connectivity index (χ0) is 22.1. The van der Waals surface area contributed by atoms with Gasteiger partial charge in [0.15, 0.2) is 0 Å². The fourth-order valence-electron chi connectivity index (χ4n) is 4.19. The van der Waals surface area contributed by atoms with Crippen LogP contribution in [0.4, 0.5) is 0 Å². The van der Waals surface area contributed by atoms with Gasteiger partial charge in [0.25, 0.3) is 0 Å². The maximum Gasteiger partial charge on any atom is 0.339 e. The summed E-state index contributed by atoms with van der Waals surface area (Å²) in [5, 5.41) is 10.4. The lowest BCUT2D eigenvalue weighted by atomic mass is 10.0. The molecule has 1 N–H and O–H groups in total. The molecule has 0 aliphatic heterocycles. The SMILES string of the molecule is Cc1ccc(COC(=O)c2c3c(nc4ccccc24)/C(=C/c2ccc(O)cc2)CC3)cc1. The average molecular weight is 421 g/mol. The number of pyridine rings is 1. The zero-order valence-electron chi connectivity index (χ0n) is 17.8. The molecule has 4 aromatic rings. The number of carbonyl (C=O) groups is 1. The number of nitrogens with zero attached hydrogens (tertiary/aromatic N) is 1. The highest BCUT2D eigenvalue weighted by Gasteiger charge is 2.27. The van der Waals surface area contributed by atoms with Gasteiger partial charge in [-0.05, 0) is 66.3 Å². The second-order valence-electron chi connectivity index (χ2n) is 8.15. The van der Waals surface area contributed by atoms with Crippen LogP contribution in [-0.4, -0.2) is 16.1 Å². The lowest BCUT2D eigenvalue weighted by molar-refractivity contribution is 0.0474. The van der Waals surface area contributed by atoms with Crippen molar-refractivity contribution >= 4 is 28.5 Å². The average Bonchev–Trinajstić information content (AvgIpc) is 3.20. The van der Waals surface area contributed by atoms with Gasteiger partial charge in [0.05, 0.1) is 16.8 Å². The summed E-state index contributed by atoms with van der Waals surface area (Å²) in [6.45, 7) is 2.27. The molecule has 1 aliphatic rings. The molecule has 0 unspecified atom stereocenters. The van der Waals surface area contributed by atoms with E-state index in [-0.39, 0.29) is 18.3 Å². The van der Waals surface area contributed by atoms with Crippen molar-refractivity contribution in [2.45, 2.75) is 26.4 Å². The van der Waals surface area contributed by atoms with E-state index in [0.717, 1.165) is 51.7 Å². The maximum absolute atomic E-state index is 13.3. The van der Waals surface area contributed by atoms with E-state index >= 15 is 0 Å². The molecule has 5 rings (SSSR count). The number of aromatic hydroxyl groups is 1. The van der Waals surface area contributed by atoms with E-state index in [1.165, 1.54) is 5.56 Å². The summed E-state index contributed by atoms with van der Waals surface area (Å²) in [5.74, 6) is -0.0759. The van der Waals surface area contributed by atoms with Crippen molar-refractivity contribution in [3.8, 4) is 5.75 Å². The van der Waals surface area contributed by atoms with E-state index < -0.39 is 0 Å². The first-order valence-corrected chi connectivity index (χ1v) is 10.7. The Morgan fingerprint density at radius 3 is 2.53 bits per heavy atom. The van der Waals surface area contributed by atoms with Crippen LogP contribution < -0.4 is 0 Å². The first-order chi connectivity index (χ1) is 15.6. The van der Waals surface area contributed by atoms with Gasteiger partial charge >= 0.3 is 5.97 Å². The Labute approximate surface area is 186 Å². The predicted molar refractivity (Wildman–Crippen MR) is 126 cm³/mol. The van der Waals surface area contributed by atoms with E-state index in [1.807, 2.05) is 67.6 Å². The second-order valence-corrected chi connectivity index (χ2v) is 8.15. The predicted octanol–water partition coefficient (Wildman–Crippen LogP) is 6.09. The molecule has 0 amide bonds. The number of allylic oxidation sites excluding steroid dienone is 1. The highest BCUT2D eigenvalue weighted by atomic mass is 16.5. The number of aromatic nitrogens is 1. The van der Waals surface area contributed by atoms with E-state index in [9.17, 15) is 9.90 Å². The minimum absolute atomic E-state index is 0.237. The van der Waals surface area contributed by atoms with Crippen LogP contribution in [0.2, 0.25) is 0 Å². The number of esters is 1. The summed E-state index contributed by atoms with van der Waals surface area (Å²) in [5.41, 5.74) is 7.42. The molecule has 32 heavy (non-hydrogen) atoms. The zero-order valence-corrected chi connectivity index (χ0v) is 17.8. The van der Waals surface area contributed by atoms with Crippen molar-refractivity contribution in [3.05, 3.63) is 106 Å². The highest BCUT2D eigenvalue weighted by Crippen LogP contribution is 2.38. The molecule has 0 spiro atoms. The Hall–Kier alpha value is -3.92. The van der Waals surface area contributed by atoms with Crippen LogP contribution in [0.3, 0.4) is 0 Å². The van der Waals surface area contributed by atoms with Gasteiger partial charge in [-0.1, -0.05) is 60.2 Å². The molecule has 1 heterocycles. The molecule has 0 saturated carbocycles. The lowest BCUT2D eigenvalue weighted by Crippen LogP contribution is -2.10. The summed E-state index contributed by atoms with van der Waals surface area (Å²) < 4.78 is 5.74. The van der Waals surface area contributed by atoms with Crippen LogP contribution in [-0.2, 0) is 17.8 Å². The number of rotatable bonds is 4. The van der Waals surface area contributed by atoms with Crippen LogP contribution in [0.1, 0.15) is 44.7 Å². The van der Waals surface area contributed by atoms with Gasteiger partial charge in [-0.15, -0.1) is 0 Å². The van der Waals surface area contributed by atoms with Crippen LogP contribution in [0.5, 0.6) is 5.75 Å². The number of phenolic OH excluding ortho intramolecular Hbond substituents is 1. The number of aryl methyl sites for hydroxylation is 1. The first kappa shape index (κ1) is 20.0. The molecule has 158 valence electrons. The Morgan fingerprint density at radius 2 is 1.75 bits per heavy atom. The van der Waals surface area contributed by atoms with Crippen LogP contribution in [0.25, 0.3) is 22.6 Å². The summed E-state index contributed by atoms with van der Waals surface area (Å²) >= 11 is 0. The number of benzene rings is 3. The van der Waals surface area contributed by atoms with Crippen LogP contribution >= 0.6 is 0 Å². The largest absolute Gasteiger partial charge is 0.508 e. The summed E-state index contributed by atoms with van der Waals surface area (Å²) in [6.07, 6.45) is 3.62.